The quantitative estimate of drug-likeness (QED) is 0.661. The molecule has 0 unspecified atom stereocenters. The molecule has 4 N–H and O–H groups in total. The third-order valence-corrected chi connectivity index (χ3v) is 4.40. The molecule has 6 nitrogen and oxygen atoms in total. The zero-order chi connectivity index (χ0) is 22.1. The molecular formula is C21H22F3N4O2+. The van der Waals surface area contributed by atoms with Gasteiger partial charge in [0.05, 0.1) is 6.42 Å². The number of anilines is 2. The number of aromatic nitrogens is 2. The zero-order valence-electron chi connectivity index (χ0n) is 16.7. The fourth-order valence-electron chi connectivity index (χ4n) is 2.84. The first kappa shape index (κ1) is 21.4. The van der Waals surface area contributed by atoms with E-state index < -0.39 is 11.9 Å². The summed E-state index contributed by atoms with van der Waals surface area (Å²) >= 11 is 0. The molecule has 0 radical (unpaired) electrons. The number of rotatable bonds is 4. The molecule has 2 heterocycles. The summed E-state index contributed by atoms with van der Waals surface area (Å²) in [4.78, 5) is 14.4. The standard InChI is InChI=1S/C21H21F3N4O2/c1-20(2,3)15-11-17(28-30-15)27-18(29)10-12-4-6-13(7-5-12)14-8-9-16(25)26-19(14)21(22,23)24/h4-9,11H,10H2,1-3H3,(H2,25,26)(H,27,28,29)/p+1. The van der Waals surface area contributed by atoms with Crippen LogP contribution in [-0.2, 0) is 22.8 Å². The van der Waals surface area contributed by atoms with Crippen LogP contribution in [0.4, 0.5) is 24.8 Å². The van der Waals surface area contributed by atoms with E-state index in [-0.39, 0.29) is 29.1 Å². The van der Waals surface area contributed by atoms with Crippen LogP contribution in [0, 0.1) is 0 Å². The van der Waals surface area contributed by atoms with Gasteiger partial charge in [-0.05, 0) is 17.2 Å². The summed E-state index contributed by atoms with van der Waals surface area (Å²) in [7, 11) is 0. The van der Waals surface area contributed by atoms with Crippen molar-refractivity contribution >= 4 is 17.5 Å². The van der Waals surface area contributed by atoms with Crippen LogP contribution in [-0.4, -0.2) is 11.1 Å². The minimum absolute atomic E-state index is 0.0231. The largest absolute Gasteiger partial charge is 0.454 e. The van der Waals surface area contributed by atoms with E-state index in [2.05, 4.69) is 15.5 Å². The summed E-state index contributed by atoms with van der Waals surface area (Å²) in [6.07, 6.45) is -4.54. The van der Waals surface area contributed by atoms with Gasteiger partial charge in [-0.15, -0.1) is 0 Å². The smallest absolute Gasteiger partial charge is 0.359 e. The number of carbonyl (C=O) groups is 1. The summed E-state index contributed by atoms with van der Waals surface area (Å²) in [6.45, 7) is 5.89. The van der Waals surface area contributed by atoms with E-state index >= 15 is 0 Å². The third-order valence-electron chi connectivity index (χ3n) is 4.40. The monoisotopic (exact) mass is 419 g/mol. The molecule has 3 rings (SSSR count). The van der Waals surface area contributed by atoms with Gasteiger partial charge in [0, 0.05) is 23.1 Å². The molecule has 2 aromatic heterocycles. The van der Waals surface area contributed by atoms with Crippen LogP contribution in [0.3, 0.4) is 0 Å². The lowest BCUT2D eigenvalue weighted by Gasteiger charge is -2.12. The predicted octanol–water partition coefficient (Wildman–Crippen LogP) is 4.24. The lowest BCUT2D eigenvalue weighted by Crippen LogP contribution is -2.25. The Morgan fingerprint density at radius 3 is 2.37 bits per heavy atom. The van der Waals surface area contributed by atoms with Gasteiger partial charge in [-0.2, -0.15) is 13.2 Å². The van der Waals surface area contributed by atoms with Gasteiger partial charge in [-0.25, -0.2) is 4.98 Å². The average Bonchev–Trinajstić information content (AvgIpc) is 3.10. The molecule has 0 saturated carbocycles. The number of alkyl halides is 3. The maximum absolute atomic E-state index is 13.3. The van der Waals surface area contributed by atoms with Crippen molar-refractivity contribution in [1.29, 1.82) is 0 Å². The van der Waals surface area contributed by atoms with E-state index in [9.17, 15) is 18.0 Å². The van der Waals surface area contributed by atoms with Crippen LogP contribution >= 0.6 is 0 Å². The van der Waals surface area contributed by atoms with Gasteiger partial charge in [0.2, 0.25) is 11.6 Å². The fraction of sp³-hybridized carbons (Fsp3) is 0.286. The number of benzene rings is 1. The molecular weight excluding hydrogens is 397 g/mol. The summed E-state index contributed by atoms with van der Waals surface area (Å²) < 4.78 is 45.1. The Kier molecular flexibility index (Phi) is 5.56. The molecule has 1 aromatic carbocycles. The molecule has 30 heavy (non-hydrogen) atoms. The van der Waals surface area contributed by atoms with Gasteiger partial charge in [0.1, 0.15) is 5.76 Å². The van der Waals surface area contributed by atoms with Gasteiger partial charge in [-0.3, -0.25) is 10.5 Å². The molecule has 0 fully saturated rings. The van der Waals surface area contributed by atoms with Crippen LogP contribution in [0.15, 0.2) is 47.0 Å². The first-order valence-corrected chi connectivity index (χ1v) is 9.19. The maximum atomic E-state index is 13.3. The Labute approximate surface area is 171 Å². The SMILES string of the molecule is CC(C)(C)c1cc(NC(=O)Cc2ccc(-c3ccc(N)[nH+]c3C(F)(F)F)cc2)no1. The molecule has 158 valence electrons. The number of H-pyrrole nitrogens is 1. The van der Waals surface area contributed by atoms with Crippen molar-refractivity contribution in [2.45, 2.75) is 38.8 Å². The molecule has 1 amide bonds. The Morgan fingerprint density at radius 1 is 1.13 bits per heavy atom. The van der Waals surface area contributed by atoms with E-state index in [4.69, 9.17) is 10.3 Å². The number of hydrogen-bond donors (Lipinski definition) is 2. The molecule has 9 heteroatoms. The highest BCUT2D eigenvalue weighted by Gasteiger charge is 2.38. The zero-order valence-corrected chi connectivity index (χ0v) is 16.7. The number of amides is 1. The fourth-order valence-corrected chi connectivity index (χ4v) is 2.84. The second-order valence-electron chi connectivity index (χ2n) is 7.95. The van der Waals surface area contributed by atoms with Gasteiger partial charge in [0.25, 0.3) is 5.82 Å². The van der Waals surface area contributed by atoms with Crippen molar-refractivity contribution in [2.24, 2.45) is 0 Å². The highest BCUT2D eigenvalue weighted by atomic mass is 19.4. The van der Waals surface area contributed by atoms with Crippen LogP contribution in [0.5, 0.6) is 0 Å². The van der Waals surface area contributed by atoms with Gasteiger partial charge < -0.3 is 9.84 Å². The summed E-state index contributed by atoms with van der Waals surface area (Å²) in [6, 6.07) is 10.6. The van der Waals surface area contributed by atoms with E-state index in [0.717, 1.165) is 0 Å². The number of pyridine rings is 1. The van der Waals surface area contributed by atoms with Crippen LogP contribution in [0.2, 0.25) is 0 Å². The number of halogens is 3. The molecule has 0 atom stereocenters. The van der Waals surface area contributed by atoms with Crippen molar-refractivity contribution in [1.82, 2.24) is 5.16 Å². The molecule has 0 spiro atoms. The molecule has 0 aliphatic heterocycles. The average molecular weight is 419 g/mol. The number of nitrogens with two attached hydrogens (primary N) is 1. The minimum Gasteiger partial charge on any atom is -0.359 e. The van der Waals surface area contributed by atoms with E-state index in [0.29, 0.717) is 22.7 Å². The molecule has 0 aliphatic carbocycles. The van der Waals surface area contributed by atoms with Crippen LogP contribution in [0.25, 0.3) is 11.1 Å². The second-order valence-corrected chi connectivity index (χ2v) is 7.95. The van der Waals surface area contributed by atoms with Gasteiger partial charge >= 0.3 is 6.18 Å². The molecule has 3 aromatic rings. The van der Waals surface area contributed by atoms with E-state index in [1.54, 1.807) is 18.2 Å². The second kappa shape index (κ2) is 7.81. The summed E-state index contributed by atoms with van der Waals surface area (Å²) in [5.74, 6) is 0.562. The van der Waals surface area contributed by atoms with Crippen LogP contribution in [0.1, 0.15) is 37.8 Å². The van der Waals surface area contributed by atoms with Gasteiger partial charge in [0.15, 0.2) is 5.82 Å². The Morgan fingerprint density at radius 2 is 1.80 bits per heavy atom. The van der Waals surface area contributed by atoms with Crippen molar-refractivity contribution in [3.05, 3.63) is 59.5 Å². The molecule has 0 bridgehead atoms. The van der Waals surface area contributed by atoms with Crippen molar-refractivity contribution in [2.75, 3.05) is 11.1 Å². The Hall–Kier alpha value is -3.36. The first-order chi connectivity index (χ1) is 13.9. The lowest BCUT2D eigenvalue weighted by molar-refractivity contribution is -0.410. The number of hydrogen-bond acceptors (Lipinski definition) is 4. The van der Waals surface area contributed by atoms with Crippen LogP contribution < -0.4 is 16.0 Å². The predicted molar refractivity (Wildman–Crippen MR) is 105 cm³/mol. The Bertz CT molecular complexity index is 1050. The van der Waals surface area contributed by atoms with E-state index in [1.165, 1.54) is 24.3 Å². The number of carbonyl (C=O) groups excluding carboxylic acids is 1. The number of aromatic amines is 1. The summed E-state index contributed by atoms with van der Waals surface area (Å²) in [5, 5.41) is 6.48. The molecule has 0 aliphatic rings. The third kappa shape index (κ3) is 4.97. The summed E-state index contributed by atoms with van der Waals surface area (Å²) in [5.41, 5.74) is 5.27. The number of nitrogens with zero attached hydrogens (tertiary/aromatic N) is 1. The highest BCUT2D eigenvalue weighted by molar-refractivity contribution is 5.91. The lowest BCUT2D eigenvalue weighted by atomic mass is 9.93. The van der Waals surface area contributed by atoms with Gasteiger partial charge in [-0.1, -0.05) is 50.2 Å². The minimum atomic E-state index is -4.58. The van der Waals surface area contributed by atoms with Crippen molar-refractivity contribution in [3.8, 4) is 11.1 Å². The first-order valence-electron chi connectivity index (χ1n) is 9.19. The number of nitrogens with one attached hydrogen (secondary N) is 2. The topological polar surface area (TPSA) is 95.3 Å². The van der Waals surface area contributed by atoms with E-state index in [1.807, 2.05) is 20.8 Å². The molecule has 0 saturated heterocycles. The van der Waals surface area contributed by atoms with Crippen molar-refractivity contribution in [3.63, 3.8) is 0 Å². The Balaban J connectivity index is 1.72. The maximum Gasteiger partial charge on any atom is 0.454 e. The highest BCUT2D eigenvalue weighted by Crippen LogP contribution is 2.34. The van der Waals surface area contributed by atoms with Crippen molar-refractivity contribution < 1.29 is 27.5 Å². The number of nitrogen functional groups attached to an aromatic ring is 1. The normalized spacial score (nSPS) is 12.1.